The van der Waals surface area contributed by atoms with Gasteiger partial charge in [0, 0.05) is 10.8 Å². The summed E-state index contributed by atoms with van der Waals surface area (Å²) in [5.41, 5.74) is 7.25. The maximum absolute atomic E-state index is 13.9. The number of fused-ring (bicyclic) bond motifs is 1. The summed E-state index contributed by atoms with van der Waals surface area (Å²) in [5.74, 6) is -0.114. The smallest absolute Gasteiger partial charge is 0.107 e. The predicted molar refractivity (Wildman–Crippen MR) is 64.3 cm³/mol. The molecular weight excluding hydrogens is 223 g/mol. The van der Waals surface area contributed by atoms with Crippen molar-refractivity contribution in [2.24, 2.45) is 0 Å². The van der Waals surface area contributed by atoms with E-state index in [1.807, 2.05) is 6.92 Å². The Morgan fingerprint density at radius 2 is 2.38 bits per heavy atom. The lowest BCUT2D eigenvalue weighted by Gasteiger charge is -2.26. The van der Waals surface area contributed by atoms with Crippen molar-refractivity contribution in [3.63, 3.8) is 0 Å². The van der Waals surface area contributed by atoms with Gasteiger partial charge in [0.05, 0.1) is 5.56 Å². The van der Waals surface area contributed by atoms with Crippen molar-refractivity contribution in [2.45, 2.75) is 44.7 Å². The molecule has 86 valence electrons. The van der Waals surface area contributed by atoms with Crippen LogP contribution in [-0.4, -0.2) is 6.17 Å². The number of halogens is 1. The molecule has 0 fully saturated rings. The molecule has 1 aromatic heterocycles. The van der Waals surface area contributed by atoms with E-state index in [2.05, 4.69) is 6.07 Å². The first-order chi connectivity index (χ1) is 7.69. The van der Waals surface area contributed by atoms with Crippen LogP contribution in [-0.2, 0) is 6.42 Å². The summed E-state index contributed by atoms with van der Waals surface area (Å²) in [7, 11) is 0. The fraction of sp³-hybridized carbons (Fsp3) is 0.583. The highest BCUT2D eigenvalue weighted by Gasteiger charge is 2.33. The molecule has 16 heavy (non-hydrogen) atoms. The number of aryl methyl sites for hydroxylation is 1. The Bertz CT molecular complexity index is 433. The largest absolute Gasteiger partial charge is 0.389 e. The summed E-state index contributed by atoms with van der Waals surface area (Å²) in [6.45, 7) is 2.04. The Hall–Kier alpha value is -1.08. The summed E-state index contributed by atoms with van der Waals surface area (Å²) in [5, 5.41) is 9.65. The van der Waals surface area contributed by atoms with E-state index >= 15 is 0 Å². The molecule has 2 atom stereocenters. The minimum Gasteiger partial charge on any atom is -0.389 e. The lowest BCUT2D eigenvalue weighted by molar-refractivity contribution is 0.244. The van der Waals surface area contributed by atoms with Crippen LogP contribution in [0.25, 0.3) is 0 Å². The van der Waals surface area contributed by atoms with Crippen LogP contribution in [0, 0.1) is 11.3 Å². The molecule has 1 aliphatic carbocycles. The number of nitrogens with two attached hydrogens (primary N) is 1. The van der Waals surface area contributed by atoms with Gasteiger partial charge in [0.25, 0.3) is 0 Å². The van der Waals surface area contributed by atoms with E-state index < -0.39 is 6.17 Å². The van der Waals surface area contributed by atoms with Gasteiger partial charge in [0.1, 0.15) is 17.2 Å². The van der Waals surface area contributed by atoms with E-state index in [4.69, 9.17) is 11.0 Å². The Labute approximate surface area is 98.9 Å². The van der Waals surface area contributed by atoms with Gasteiger partial charge in [-0.3, -0.25) is 0 Å². The van der Waals surface area contributed by atoms with Crippen molar-refractivity contribution in [2.75, 3.05) is 5.73 Å². The van der Waals surface area contributed by atoms with E-state index in [-0.39, 0.29) is 5.92 Å². The molecule has 1 aromatic rings. The Morgan fingerprint density at radius 3 is 3.00 bits per heavy atom. The normalized spacial score (nSPS) is 23.8. The fourth-order valence-electron chi connectivity index (χ4n) is 2.49. The second-order valence-electron chi connectivity index (χ2n) is 4.24. The zero-order chi connectivity index (χ0) is 11.7. The van der Waals surface area contributed by atoms with Crippen molar-refractivity contribution in [3.05, 3.63) is 16.0 Å². The monoisotopic (exact) mass is 238 g/mol. The topological polar surface area (TPSA) is 49.8 Å². The van der Waals surface area contributed by atoms with Gasteiger partial charge in [0.15, 0.2) is 0 Å². The van der Waals surface area contributed by atoms with Crippen molar-refractivity contribution in [1.29, 1.82) is 5.26 Å². The van der Waals surface area contributed by atoms with Gasteiger partial charge >= 0.3 is 0 Å². The molecule has 1 heterocycles. The van der Waals surface area contributed by atoms with Crippen LogP contribution >= 0.6 is 11.3 Å². The van der Waals surface area contributed by atoms with Gasteiger partial charge in [-0.15, -0.1) is 11.3 Å². The van der Waals surface area contributed by atoms with Gasteiger partial charge in [-0.05, 0) is 24.8 Å². The van der Waals surface area contributed by atoms with Gasteiger partial charge in [0.2, 0.25) is 0 Å². The quantitative estimate of drug-likeness (QED) is 0.858. The van der Waals surface area contributed by atoms with Crippen LogP contribution in [0.3, 0.4) is 0 Å². The molecule has 2 rings (SSSR count). The van der Waals surface area contributed by atoms with Crippen LogP contribution in [0.2, 0.25) is 0 Å². The third-order valence-corrected chi connectivity index (χ3v) is 4.31. The van der Waals surface area contributed by atoms with Crippen LogP contribution < -0.4 is 5.73 Å². The second-order valence-corrected chi connectivity index (χ2v) is 5.38. The molecule has 0 spiro atoms. The second kappa shape index (κ2) is 4.42. The van der Waals surface area contributed by atoms with E-state index in [0.29, 0.717) is 17.0 Å². The predicted octanol–water partition coefficient (Wildman–Crippen LogP) is 3.37. The molecule has 0 radical (unpaired) electrons. The third-order valence-electron chi connectivity index (χ3n) is 3.22. The van der Waals surface area contributed by atoms with Crippen molar-refractivity contribution in [3.8, 4) is 6.07 Å². The maximum Gasteiger partial charge on any atom is 0.107 e. The molecule has 1 aliphatic rings. The summed E-state index contributed by atoms with van der Waals surface area (Å²) in [6, 6.07) is 2.13. The highest BCUT2D eigenvalue weighted by molar-refractivity contribution is 7.16. The van der Waals surface area contributed by atoms with Gasteiger partial charge in [-0.25, -0.2) is 4.39 Å². The first kappa shape index (κ1) is 11.4. The summed E-state index contributed by atoms with van der Waals surface area (Å²) in [4.78, 5) is 1.13. The molecule has 0 bridgehead atoms. The molecule has 2 N–H and O–H groups in total. The fourth-order valence-corrected chi connectivity index (χ4v) is 3.60. The zero-order valence-electron chi connectivity index (χ0n) is 9.29. The highest BCUT2D eigenvalue weighted by atomic mass is 32.1. The molecule has 0 saturated carbocycles. The summed E-state index contributed by atoms with van der Waals surface area (Å²) in [6.07, 6.45) is 2.23. The number of nitrogen functional groups attached to an aromatic ring is 1. The van der Waals surface area contributed by atoms with E-state index in [9.17, 15) is 4.39 Å². The molecule has 0 amide bonds. The first-order valence-electron chi connectivity index (χ1n) is 5.64. The molecule has 2 nitrogen and oxygen atoms in total. The number of rotatable bonds is 2. The highest BCUT2D eigenvalue weighted by Crippen LogP contribution is 2.44. The Kier molecular flexibility index (Phi) is 3.15. The van der Waals surface area contributed by atoms with Crippen LogP contribution in [0.1, 0.15) is 48.1 Å². The number of alkyl halides is 1. The number of thiophene rings is 1. The first-order valence-corrected chi connectivity index (χ1v) is 6.45. The van der Waals surface area contributed by atoms with E-state index in [1.165, 1.54) is 11.3 Å². The van der Waals surface area contributed by atoms with Crippen LogP contribution in [0.4, 0.5) is 9.39 Å². The SMILES string of the molecule is CCCC1c2c(sc(N)c2C#N)CCC1F. The average molecular weight is 238 g/mol. The standard InChI is InChI=1S/C12H15FN2S/c1-2-3-7-9(13)4-5-10-11(7)8(6-14)12(15)16-10/h7,9H,2-5,15H2,1H3. The van der Waals surface area contributed by atoms with E-state index in [1.54, 1.807) is 0 Å². The zero-order valence-corrected chi connectivity index (χ0v) is 10.1. The van der Waals surface area contributed by atoms with Crippen molar-refractivity contribution in [1.82, 2.24) is 0 Å². The molecule has 0 aliphatic heterocycles. The van der Waals surface area contributed by atoms with E-state index in [0.717, 1.165) is 29.7 Å². The number of nitriles is 1. The number of hydrogen-bond acceptors (Lipinski definition) is 3. The lowest BCUT2D eigenvalue weighted by Crippen LogP contribution is -2.21. The lowest BCUT2D eigenvalue weighted by atomic mass is 9.81. The van der Waals surface area contributed by atoms with Crippen molar-refractivity contribution >= 4 is 16.3 Å². The number of hydrogen-bond donors (Lipinski definition) is 1. The van der Waals surface area contributed by atoms with Crippen molar-refractivity contribution < 1.29 is 4.39 Å². The van der Waals surface area contributed by atoms with Gasteiger partial charge < -0.3 is 5.73 Å². The van der Waals surface area contributed by atoms with Crippen LogP contribution in [0.5, 0.6) is 0 Å². The summed E-state index contributed by atoms with van der Waals surface area (Å²) < 4.78 is 13.9. The molecule has 4 heteroatoms. The summed E-state index contributed by atoms with van der Waals surface area (Å²) >= 11 is 1.46. The molecule has 2 unspecified atom stereocenters. The van der Waals surface area contributed by atoms with Gasteiger partial charge in [-0.1, -0.05) is 13.3 Å². The molecule has 0 saturated heterocycles. The number of nitrogens with zero attached hydrogens (tertiary/aromatic N) is 1. The number of anilines is 1. The average Bonchev–Trinajstić information content (AvgIpc) is 2.58. The third kappa shape index (κ3) is 1.69. The van der Waals surface area contributed by atoms with Crippen LogP contribution in [0.15, 0.2) is 0 Å². The molecular formula is C12H15FN2S. The molecule has 0 aromatic carbocycles. The Morgan fingerprint density at radius 1 is 1.62 bits per heavy atom. The maximum atomic E-state index is 13.9. The van der Waals surface area contributed by atoms with Gasteiger partial charge in [-0.2, -0.15) is 5.26 Å². The minimum absolute atomic E-state index is 0.114. The Balaban J connectivity index is 2.49. The minimum atomic E-state index is -0.812.